The highest BCUT2D eigenvalue weighted by Gasteiger charge is 2.46. The van der Waals surface area contributed by atoms with Crippen LogP contribution >= 0.6 is 11.6 Å². The van der Waals surface area contributed by atoms with E-state index in [-0.39, 0.29) is 22.8 Å². The molecule has 12 heteroatoms. The van der Waals surface area contributed by atoms with Crippen LogP contribution in [-0.2, 0) is 37.0 Å². The van der Waals surface area contributed by atoms with Crippen LogP contribution in [0.5, 0.6) is 5.75 Å². The predicted octanol–water partition coefficient (Wildman–Crippen LogP) is 3.66. The van der Waals surface area contributed by atoms with Crippen molar-refractivity contribution in [3.8, 4) is 5.75 Å². The van der Waals surface area contributed by atoms with Gasteiger partial charge in [-0.2, -0.15) is 0 Å². The summed E-state index contributed by atoms with van der Waals surface area (Å²) in [7, 11) is -2.46. The molecule has 2 aromatic carbocycles. The minimum absolute atomic E-state index is 0.0767. The van der Waals surface area contributed by atoms with E-state index in [9.17, 15) is 28.2 Å². The minimum atomic E-state index is -4.05. The first kappa shape index (κ1) is 33.8. The Morgan fingerprint density at radius 1 is 1.15 bits per heavy atom. The number of aryl methyl sites for hydroxylation is 1. The van der Waals surface area contributed by atoms with Crippen molar-refractivity contribution in [1.29, 1.82) is 0 Å². The maximum absolute atomic E-state index is 13.5. The number of aliphatic hydroxyl groups excluding tert-OH is 1. The van der Waals surface area contributed by atoms with Gasteiger partial charge in [0, 0.05) is 37.1 Å². The number of hydrogen-bond acceptors (Lipinski definition) is 8. The molecule has 0 radical (unpaired) electrons. The van der Waals surface area contributed by atoms with Crippen molar-refractivity contribution in [3.05, 3.63) is 70.3 Å². The zero-order chi connectivity index (χ0) is 33.6. The van der Waals surface area contributed by atoms with Gasteiger partial charge in [0.2, 0.25) is 15.9 Å². The molecule has 2 heterocycles. The molecule has 47 heavy (non-hydrogen) atoms. The number of anilines is 1. The molecule has 254 valence electrons. The first-order chi connectivity index (χ1) is 22.3. The van der Waals surface area contributed by atoms with Gasteiger partial charge in [-0.15, -0.1) is 0 Å². The highest BCUT2D eigenvalue weighted by Crippen LogP contribution is 2.47. The predicted molar refractivity (Wildman–Crippen MR) is 180 cm³/mol. The van der Waals surface area contributed by atoms with Crippen LogP contribution in [0.2, 0.25) is 5.02 Å². The lowest BCUT2D eigenvalue weighted by molar-refractivity contribution is -0.148. The molecule has 0 saturated heterocycles. The number of ether oxygens (including phenoxy) is 1. The Balaban J connectivity index is 1.47. The third kappa shape index (κ3) is 6.90. The maximum atomic E-state index is 13.5. The van der Waals surface area contributed by atoms with Gasteiger partial charge in [-0.3, -0.25) is 14.3 Å². The Morgan fingerprint density at radius 2 is 1.96 bits per heavy atom. The maximum Gasteiger partial charge on any atom is 0.270 e. The number of rotatable bonds is 2. The van der Waals surface area contributed by atoms with E-state index in [4.69, 9.17) is 16.3 Å². The molecular weight excluding hydrogens is 642 g/mol. The summed E-state index contributed by atoms with van der Waals surface area (Å²) in [4.78, 5) is 30.6. The van der Waals surface area contributed by atoms with E-state index in [0.717, 1.165) is 38.4 Å². The van der Waals surface area contributed by atoms with Crippen LogP contribution in [0.25, 0.3) is 0 Å². The van der Waals surface area contributed by atoms with Gasteiger partial charge in [-0.25, -0.2) is 8.42 Å². The molecule has 3 N–H and O–H groups in total. The quantitative estimate of drug-likeness (QED) is 0.408. The van der Waals surface area contributed by atoms with E-state index in [1.54, 1.807) is 19.2 Å². The van der Waals surface area contributed by atoms with Crippen molar-refractivity contribution in [2.24, 2.45) is 11.8 Å². The molecule has 5 atom stereocenters. The molecule has 4 aliphatic rings. The Bertz CT molecular complexity index is 1680. The van der Waals surface area contributed by atoms with E-state index in [1.807, 2.05) is 29.0 Å². The number of nitrogens with zero attached hydrogens (tertiary/aromatic N) is 2. The molecule has 2 bridgehead atoms. The average molecular weight is 686 g/mol. The normalized spacial score (nSPS) is 30.6. The van der Waals surface area contributed by atoms with Gasteiger partial charge in [0.1, 0.15) is 5.75 Å². The summed E-state index contributed by atoms with van der Waals surface area (Å²) in [6.07, 6.45) is 9.29. The molecule has 1 fully saturated rings. The second-order valence-electron chi connectivity index (χ2n) is 13.9. The smallest absolute Gasteiger partial charge is 0.270 e. The highest BCUT2D eigenvalue weighted by molar-refractivity contribution is 7.89. The van der Waals surface area contributed by atoms with E-state index < -0.39 is 40.0 Å². The van der Waals surface area contributed by atoms with Crippen LogP contribution in [-0.4, -0.2) is 81.0 Å². The molecule has 0 aromatic heterocycles. The van der Waals surface area contributed by atoms with Gasteiger partial charge in [0.05, 0.1) is 31.1 Å². The van der Waals surface area contributed by atoms with Crippen LogP contribution in [0.1, 0.15) is 61.6 Å². The first-order valence-electron chi connectivity index (χ1n) is 16.4. The SMILES string of the molecule is CN1CCC/C=C/[C@H](O)[C@@H]2CC[C@H]2CN2C[C@@]3(CCCc4cc(Cl)ccc43)COc3ccc(cc32)[C@](O)(C(=O)NS(C)(=O)=O)CC1=O. The lowest BCUT2D eigenvalue weighted by Crippen LogP contribution is -2.50. The van der Waals surface area contributed by atoms with Crippen LogP contribution in [0.3, 0.4) is 0 Å². The number of carbonyl (C=O) groups is 2. The molecule has 2 aliphatic heterocycles. The fraction of sp³-hybridized carbons (Fsp3) is 0.543. The number of fused-ring (bicyclic) bond motifs is 4. The molecular formula is C35H44ClN3O7S. The molecule has 1 saturated carbocycles. The average Bonchev–Trinajstić information content (AvgIpc) is 3.14. The Kier molecular flexibility index (Phi) is 9.38. The number of aliphatic hydroxyl groups is 2. The van der Waals surface area contributed by atoms with Crippen molar-refractivity contribution in [2.75, 3.05) is 44.4 Å². The lowest BCUT2D eigenvalue weighted by atomic mass is 9.68. The number of sulfonamides is 1. The molecule has 10 nitrogen and oxygen atoms in total. The fourth-order valence-electron chi connectivity index (χ4n) is 7.79. The summed E-state index contributed by atoms with van der Waals surface area (Å²) >= 11 is 6.41. The van der Waals surface area contributed by atoms with Gasteiger partial charge in [-0.1, -0.05) is 35.9 Å². The molecule has 2 aliphatic carbocycles. The minimum Gasteiger partial charge on any atom is -0.490 e. The summed E-state index contributed by atoms with van der Waals surface area (Å²) in [5.41, 5.74) is 0.284. The van der Waals surface area contributed by atoms with Crippen LogP contribution in [0.15, 0.2) is 48.6 Å². The monoisotopic (exact) mass is 685 g/mol. The summed E-state index contributed by atoms with van der Waals surface area (Å²) in [5.74, 6) is -0.879. The molecule has 6 rings (SSSR count). The Hall–Kier alpha value is -3.12. The van der Waals surface area contributed by atoms with Crippen molar-refractivity contribution in [3.63, 3.8) is 0 Å². The first-order valence-corrected chi connectivity index (χ1v) is 18.7. The van der Waals surface area contributed by atoms with Gasteiger partial charge in [-0.05, 0) is 97.7 Å². The highest BCUT2D eigenvalue weighted by atomic mass is 35.5. The molecule has 1 spiro atoms. The number of hydrogen-bond donors (Lipinski definition) is 3. The second kappa shape index (κ2) is 13.1. The number of allylic oxidation sites excluding steroid dienone is 1. The van der Waals surface area contributed by atoms with Crippen molar-refractivity contribution < 1.29 is 33.0 Å². The largest absolute Gasteiger partial charge is 0.490 e. The standard InChI is InChI=1S/C35H44ClN3O7S/c1-38-16-5-3-4-8-30(40)27-12-9-24(27)20-39-21-34(15-6-7-23-17-26(36)11-13-28(23)34)22-46-31-14-10-25(18-29(31)39)35(43,19-32(38)41)33(42)37-47(2,44)45/h4,8,10-11,13-14,17-18,24,27,30,40,43H,3,5-7,9,12,15-16,19-22H2,1-2H3,(H,37,42)/b8-4+/t24-,27+,30-,34-,35-/m0/s1. The summed E-state index contributed by atoms with van der Waals surface area (Å²) in [6, 6.07) is 10.9. The van der Waals surface area contributed by atoms with E-state index >= 15 is 0 Å². The van der Waals surface area contributed by atoms with Gasteiger partial charge < -0.3 is 24.7 Å². The van der Waals surface area contributed by atoms with Crippen LogP contribution in [0.4, 0.5) is 5.69 Å². The number of amides is 2. The van der Waals surface area contributed by atoms with Crippen molar-refractivity contribution >= 4 is 39.1 Å². The van der Waals surface area contributed by atoms with E-state index in [1.165, 1.54) is 22.1 Å². The third-order valence-corrected chi connectivity index (χ3v) is 11.4. The number of nitrogens with one attached hydrogen (secondary N) is 1. The summed E-state index contributed by atoms with van der Waals surface area (Å²) < 4.78 is 32.8. The van der Waals surface area contributed by atoms with Crippen molar-refractivity contribution in [2.45, 2.75) is 68.5 Å². The third-order valence-electron chi connectivity index (χ3n) is 10.6. The zero-order valence-corrected chi connectivity index (χ0v) is 28.5. The number of benzene rings is 2. The molecule has 0 unspecified atom stereocenters. The van der Waals surface area contributed by atoms with Gasteiger partial charge in [0.15, 0.2) is 5.60 Å². The molecule has 2 amide bonds. The fourth-order valence-corrected chi connectivity index (χ4v) is 8.50. The topological polar surface area (TPSA) is 136 Å². The van der Waals surface area contributed by atoms with Crippen LogP contribution in [0, 0.1) is 11.8 Å². The van der Waals surface area contributed by atoms with Gasteiger partial charge >= 0.3 is 0 Å². The summed E-state index contributed by atoms with van der Waals surface area (Å²) in [6.45, 7) is 1.96. The number of carbonyl (C=O) groups excluding carboxylic acids is 2. The lowest BCUT2D eigenvalue weighted by Gasteiger charge is -2.45. The zero-order valence-electron chi connectivity index (χ0n) is 27.0. The number of halogens is 1. The Morgan fingerprint density at radius 3 is 2.70 bits per heavy atom. The van der Waals surface area contributed by atoms with Crippen LogP contribution < -0.4 is 14.4 Å². The molecule has 2 aromatic rings. The second-order valence-corrected chi connectivity index (χ2v) is 16.1. The van der Waals surface area contributed by atoms with E-state index in [0.29, 0.717) is 55.5 Å². The Labute approximate surface area is 281 Å². The van der Waals surface area contributed by atoms with E-state index in [2.05, 4.69) is 11.0 Å². The van der Waals surface area contributed by atoms with Crippen molar-refractivity contribution in [1.82, 2.24) is 9.62 Å². The van der Waals surface area contributed by atoms with Gasteiger partial charge in [0.25, 0.3) is 5.91 Å². The summed E-state index contributed by atoms with van der Waals surface area (Å²) in [5, 5.41) is 23.9.